The monoisotopic (exact) mass is 460 g/mol. The van der Waals surface area contributed by atoms with Crippen LogP contribution in [0, 0.1) is 26.1 Å². The zero-order valence-electron chi connectivity index (χ0n) is 17.9. The molecule has 0 spiro atoms. The van der Waals surface area contributed by atoms with Gasteiger partial charge in [0.15, 0.2) is 0 Å². The first-order valence-electron chi connectivity index (χ1n) is 9.98. The number of carbonyl (C=O) groups excluding carboxylic acids is 1. The molecule has 0 bridgehead atoms. The number of phenols is 1. The number of hydrogen-bond donors (Lipinski definition) is 4. The number of phenolic OH excluding ortho intramolecular Hbond substituents is 1. The Labute approximate surface area is 188 Å². The van der Waals surface area contributed by atoms with E-state index in [9.17, 15) is 40.0 Å². The van der Waals surface area contributed by atoms with Gasteiger partial charge in [-0.05, 0) is 36.1 Å². The Balaban J connectivity index is 2.27. The number of benzene rings is 2. The maximum atomic E-state index is 12.9. The maximum absolute atomic E-state index is 12.9. The number of nitrogens with one attached hydrogen (secondary N) is 2. The molecule has 0 radical (unpaired) electrons. The molecule has 2 aromatic carbocycles. The van der Waals surface area contributed by atoms with Crippen molar-refractivity contribution in [3.63, 3.8) is 0 Å². The van der Waals surface area contributed by atoms with Crippen molar-refractivity contribution in [3.8, 4) is 5.75 Å². The van der Waals surface area contributed by atoms with E-state index in [2.05, 4.69) is 10.6 Å². The van der Waals surface area contributed by atoms with Gasteiger partial charge in [0, 0.05) is 12.5 Å². The summed E-state index contributed by atoms with van der Waals surface area (Å²) >= 11 is 0. The molecular weight excluding hydrogens is 436 g/mol. The molecule has 12 nitrogen and oxygen atoms in total. The van der Waals surface area contributed by atoms with Crippen molar-refractivity contribution >= 4 is 28.9 Å². The summed E-state index contributed by atoms with van der Waals surface area (Å²) < 4.78 is 0. The number of rotatable bonds is 11. The molecule has 2 aromatic rings. The highest BCUT2D eigenvalue weighted by Crippen LogP contribution is 2.30. The summed E-state index contributed by atoms with van der Waals surface area (Å²) in [5.74, 6) is -1.99. The van der Waals surface area contributed by atoms with Gasteiger partial charge < -0.3 is 20.8 Å². The summed E-state index contributed by atoms with van der Waals surface area (Å²) in [6, 6.07) is 6.53. The van der Waals surface area contributed by atoms with Gasteiger partial charge in [-0.1, -0.05) is 26.0 Å². The van der Waals surface area contributed by atoms with Crippen LogP contribution in [0.4, 0.5) is 17.1 Å². The summed E-state index contributed by atoms with van der Waals surface area (Å²) in [6.07, 6.45) is 0.166. The van der Waals surface area contributed by atoms with Crippen LogP contribution in [-0.2, 0) is 16.0 Å². The van der Waals surface area contributed by atoms with E-state index in [1.807, 2.05) is 13.8 Å². The molecule has 1 amide bonds. The van der Waals surface area contributed by atoms with Gasteiger partial charge in [-0.2, -0.15) is 0 Å². The average molecular weight is 460 g/mol. The Hall–Kier alpha value is -4.22. The number of amides is 1. The number of non-ortho nitro benzene ring substituents is 1. The quantitative estimate of drug-likeness (QED) is 0.289. The molecule has 12 heteroatoms. The van der Waals surface area contributed by atoms with E-state index in [0.717, 1.165) is 18.2 Å². The molecule has 0 saturated carbocycles. The Morgan fingerprint density at radius 2 is 1.64 bits per heavy atom. The number of aliphatic carboxylic acids is 1. The fourth-order valence-corrected chi connectivity index (χ4v) is 3.14. The Kier molecular flexibility index (Phi) is 8.26. The van der Waals surface area contributed by atoms with Crippen LogP contribution in [0.5, 0.6) is 5.75 Å². The molecule has 4 N–H and O–H groups in total. The van der Waals surface area contributed by atoms with Crippen molar-refractivity contribution in [2.75, 3.05) is 5.32 Å². The van der Waals surface area contributed by atoms with E-state index < -0.39 is 45.2 Å². The molecule has 2 rings (SSSR count). The van der Waals surface area contributed by atoms with E-state index in [1.54, 1.807) is 0 Å². The predicted octanol–water partition coefficient (Wildman–Crippen LogP) is 2.85. The zero-order valence-corrected chi connectivity index (χ0v) is 17.9. The lowest BCUT2D eigenvalue weighted by atomic mass is 10.0. The number of hydrogen-bond acceptors (Lipinski definition) is 8. The maximum Gasteiger partial charge on any atom is 0.326 e. The normalized spacial score (nSPS) is 12.6. The first-order chi connectivity index (χ1) is 15.5. The van der Waals surface area contributed by atoms with Gasteiger partial charge in [-0.3, -0.25) is 25.0 Å². The van der Waals surface area contributed by atoms with Crippen molar-refractivity contribution in [2.24, 2.45) is 5.92 Å². The zero-order chi connectivity index (χ0) is 24.7. The number of carboxylic acid groups (broad SMARTS) is 1. The molecule has 0 aromatic heterocycles. The minimum absolute atomic E-state index is 0.0144. The smallest absolute Gasteiger partial charge is 0.326 e. The van der Waals surface area contributed by atoms with Gasteiger partial charge in [0.05, 0.1) is 15.9 Å². The van der Waals surface area contributed by atoms with E-state index in [0.29, 0.717) is 5.56 Å². The molecule has 0 heterocycles. The largest absolute Gasteiger partial charge is 0.508 e. The van der Waals surface area contributed by atoms with Crippen molar-refractivity contribution in [3.05, 3.63) is 68.3 Å². The van der Waals surface area contributed by atoms with E-state index in [4.69, 9.17) is 0 Å². The summed E-state index contributed by atoms with van der Waals surface area (Å²) in [5, 5.41) is 46.5. The lowest BCUT2D eigenvalue weighted by Crippen LogP contribution is -2.49. The number of aromatic hydroxyl groups is 1. The minimum Gasteiger partial charge on any atom is -0.508 e. The molecule has 0 aliphatic carbocycles. The molecule has 2 unspecified atom stereocenters. The van der Waals surface area contributed by atoms with Crippen molar-refractivity contribution in [2.45, 2.75) is 38.8 Å². The fourth-order valence-electron chi connectivity index (χ4n) is 3.14. The summed E-state index contributed by atoms with van der Waals surface area (Å²) in [7, 11) is 0. The van der Waals surface area contributed by atoms with E-state index in [-0.39, 0.29) is 30.2 Å². The van der Waals surface area contributed by atoms with Crippen LogP contribution in [-0.4, -0.2) is 44.0 Å². The third kappa shape index (κ3) is 7.16. The first-order valence-corrected chi connectivity index (χ1v) is 9.98. The van der Waals surface area contributed by atoms with Crippen LogP contribution in [0.15, 0.2) is 42.5 Å². The molecule has 176 valence electrons. The number of anilines is 1. The van der Waals surface area contributed by atoms with E-state index >= 15 is 0 Å². The topological polar surface area (TPSA) is 185 Å². The SMILES string of the molecule is CC(C)CC(Nc1ccc([N+](=O)[O-])cc1[N+](=O)[O-])C(=O)NC(Cc1ccc(O)cc1)C(=O)O. The van der Waals surface area contributed by atoms with E-state index in [1.165, 1.54) is 24.3 Å². The van der Waals surface area contributed by atoms with Crippen molar-refractivity contribution < 1.29 is 29.6 Å². The van der Waals surface area contributed by atoms with Crippen LogP contribution >= 0.6 is 0 Å². The average Bonchev–Trinajstić information content (AvgIpc) is 2.73. The molecule has 0 saturated heterocycles. The van der Waals surface area contributed by atoms with Gasteiger partial charge in [0.25, 0.3) is 11.4 Å². The number of nitro groups is 2. The first kappa shape index (κ1) is 25.0. The second kappa shape index (κ2) is 10.9. The van der Waals surface area contributed by atoms with Gasteiger partial charge in [-0.25, -0.2) is 4.79 Å². The molecule has 0 aliphatic rings. The lowest BCUT2D eigenvalue weighted by Gasteiger charge is -2.23. The summed E-state index contributed by atoms with van der Waals surface area (Å²) in [6.45, 7) is 3.63. The fraction of sp³-hybridized carbons (Fsp3) is 0.333. The third-order valence-electron chi connectivity index (χ3n) is 4.73. The standard InChI is InChI=1S/C21H24N4O8/c1-12(2)9-17(22-16-8-5-14(24(30)31)11-19(16)25(32)33)20(27)23-18(21(28)29)10-13-3-6-15(26)7-4-13/h3-8,11-12,17-18,22,26H,9-10H2,1-2H3,(H,23,27)(H,28,29). The van der Waals surface area contributed by atoms with Crippen LogP contribution in [0.3, 0.4) is 0 Å². The highest BCUT2D eigenvalue weighted by atomic mass is 16.6. The number of carbonyl (C=O) groups is 2. The third-order valence-corrected chi connectivity index (χ3v) is 4.73. The highest BCUT2D eigenvalue weighted by Gasteiger charge is 2.29. The Bertz CT molecular complexity index is 1040. The van der Waals surface area contributed by atoms with Crippen LogP contribution < -0.4 is 10.6 Å². The highest BCUT2D eigenvalue weighted by molar-refractivity contribution is 5.89. The summed E-state index contributed by atoms with van der Waals surface area (Å²) in [5.41, 5.74) is -0.585. The van der Waals surface area contributed by atoms with Crippen LogP contribution in [0.2, 0.25) is 0 Å². The van der Waals surface area contributed by atoms with Gasteiger partial charge >= 0.3 is 5.97 Å². The van der Waals surface area contributed by atoms with Crippen LogP contribution in [0.25, 0.3) is 0 Å². The van der Waals surface area contributed by atoms with Crippen molar-refractivity contribution in [1.82, 2.24) is 5.32 Å². The van der Waals surface area contributed by atoms with Gasteiger partial charge in [0.2, 0.25) is 5.91 Å². The number of nitrogens with zero attached hydrogens (tertiary/aromatic N) is 2. The van der Waals surface area contributed by atoms with Crippen molar-refractivity contribution in [1.29, 1.82) is 0 Å². The Morgan fingerprint density at radius 3 is 2.15 bits per heavy atom. The minimum atomic E-state index is -1.29. The summed E-state index contributed by atoms with van der Waals surface area (Å²) in [4.78, 5) is 45.4. The molecule has 2 atom stereocenters. The van der Waals surface area contributed by atoms with Gasteiger partial charge in [-0.15, -0.1) is 0 Å². The predicted molar refractivity (Wildman–Crippen MR) is 118 cm³/mol. The molecule has 0 aliphatic heterocycles. The molecule has 33 heavy (non-hydrogen) atoms. The second-order valence-corrected chi connectivity index (χ2v) is 7.81. The number of nitro benzene ring substituents is 2. The van der Waals surface area contributed by atoms with Gasteiger partial charge in [0.1, 0.15) is 23.5 Å². The molecular formula is C21H24N4O8. The lowest BCUT2D eigenvalue weighted by molar-refractivity contribution is -0.393. The molecule has 0 fully saturated rings. The van der Waals surface area contributed by atoms with Crippen LogP contribution in [0.1, 0.15) is 25.8 Å². The second-order valence-electron chi connectivity index (χ2n) is 7.81. The Morgan fingerprint density at radius 1 is 1.00 bits per heavy atom. The number of carboxylic acids is 1.